The number of carbonyl (C=O) groups is 1. The van der Waals surface area contributed by atoms with E-state index in [1.54, 1.807) is 25.1 Å². The summed E-state index contributed by atoms with van der Waals surface area (Å²) in [6.45, 7) is 2.83. The molecule has 3 aromatic carbocycles. The van der Waals surface area contributed by atoms with E-state index in [9.17, 15) is 15.0 Å². The fourth-order valence-corrected chi connectivity index (χ4v) is 3.80. The molecule has 31 heavy (non-hydrogen) atoms. The molecular formula is C25H25NO5. The summed E-state index contributed by atoms with van der Waals surface area (Å²) in [5.41, 5.74) is 12.2. The van der Waals surface area contributed by atoms with Crippen LogP contribution in [-0.2, 0) is 31.0 Å². The van der Waals surface area contributed by atoms with Gasteiger partial charge >= 0.3 is 5.97 Å². The highest BCUT2D eigenvalue weighted by Crippen LogP contribution is 2.40. The molecule has 0 aromatic heterocycles. The van der Waals surface area contributed by atoms with Gasteiger partial charge in [-0.3, -0.25) is 4.79 Å². The topological polar surface area (TPSA) is 102 Å². The van der Waals surface area contributed by atoms with Gasteiger partial charge in [0.2, 0.25) is 0 Å². The minimum atomic E-state index is -0.934. The lowest BCUT2D eigenvalue weighted by Crippen LogP contribution is -2.10. The summed E-state index contributed by atoms with van der Waals surface area (Å²) in [6, 6.07) is 17.2. The number of ether oxygens (including phenoxy) is 2. The maximum absolute atomic E-state index is 11.2. The third-order valence-electron chi connectivity index (χ3n) is 5.46. The van der Waals surface area contributed by atoms with E-state index in [1.807, 2.05) is 30.3 Å². The minimum absolute atomic E-state index is 0.147. The van der Waals surface area contributed by atoms with Crippen LogP contribution in [0.4, 0.5) is 0 Å². The predicted molar refractivity (Wildman–Crippen MR) is 117 cm³/mol. The van der Waals surface area contributed by atoms with Crippen molar-refractivity contribution in [1.82, 2.24) is 0 Å². The quantitative estimate of drug-likeness (QED) is 0.536. The molecule has 6 nitrogen and oxygen atoms in total. The lowest BCUT2D eigenvalue weighted by Gasteiger charge is -2.23. The molecule has 3 aromatic rings. The summed E-state index contributed by atoms with van der Waals surface area (Å²) >= 11 is 0. The Hall–Kier alpha value is -3.35. The number of aliphatic carboxylic acids is 1. The van der Waals surface area contributed by atoms with Crippen LogP contribution in [-0.4, -0.2) is 16.2 Å². The Morgan fingerprint density at radius 3 is 2.71 bits per heavy atom. The maximum atomic E-state index is 11.2. The first-order chi connectivity index (χ1) is 15.0. The molecule has 1 unspecified atom stereocenters. The van der Waals surface area contributed by atoms with Gasteiger partial charge in [-0.1, -0.05) is 42.5 Å². The normalized spacial score (nSPS) is 13.0. The largest absolute Gasteiger partial charge is 0.489 e. The fraction of sp³-hybridized carbons (Fsp3) is 0.240. The Morgan fingerprint density at radius 2 is 1.97 bits per heavy atom. The molecule has 160 valence electrons. The van der Waals surface area contributed by atoms with Crippen molar-refractivity contribution in [3.8, 4) is 22.6 Å². The first kappa shape index (κ1) is 20.9. The van der Waals surface area contributed by atoms with Gasteiger partial charge in [-0.05, 0) is 41.3 Å². The Kier molecular flexibility index (Phi) is 5.93. The Morgan fingerprint density at radius 1 is 1.13 bits per heavy atom. The lowest BCUT2D eigenvalue weighted by molar-refractivity contribution is -0.136. The summed E-state index contributed by atoms with van der Waals surface area (Å²) in [5, 5.41) is 19.1. The average Bonchev–Trinajstić information content (AvgIpc) is 2.77. The van der Waals surface area contributed by atoms with Gasteiger partial charge in [0.15, 0.2) is 0 Å². The summed E-state index contributed by atoms with van der Waals surface area (Å²) in [6.07, 6.45) is -0.815. The third kappa shape index (κ3) is 4.40. The number of nitrogens with two attached hydrogens (primary N) is 1. The van der Waals surface area contributed by atoms with Crippen LogP contribution >= 0.6 is 0 Å². The van der Waals surface area contributed by atoms with Gasteiger partial charge in [-0.25, -0.2) is 0 Å². The standard InChI is InChI=1S/C25H25NO5/c1-15(27)17-7-8-18(11-24(28)29)23(10-17)30-13-16-5-6-20-14-31-25-19(12-26)3-2-4-21(25)22(20)9-16/h2-10,15,27H,11-14,26H2,1H3,(H,28,29). The molecule has 6 heteroatoms. The molecule has 1 atom stereocenters. The van der Waals surface area contributed by atoms with Crippen LogP contribution in [0, 0.1) is 0 Å². The van der Waals surface area contributed by atoms with E-state index >= 15 is 0 Å². The number of fused-ring (bicyclic) bond motifs is 3. The van der Waals surface area contributed by atoms with Crippen molar-refractivity contribution in [3.63, 3.8) is 0 Å². The molecule has 4 N–H and O–H groups in total. The number of rotatable bonds is 7. The van der Waals surface area contributed by atoms with E-state index in [0.29, 0.717) is 30.0 Å². The van der Waals surface area contributed by atoms with Crippen LogP contribution in [0.25, 0.3) is 11.1 Å². The van der Waals surface area contributed by atoms with Crippen LogP contribution in [0.3, 0.4) is 0 Å². The molecule has 0 spiro atoms. The van der Waals surface area contributed by atoms with Crippen LogP contribution in [0.15, 0.2) is 54.6 Å². The van der Waals surface area contributed by atoms with Crippen LogP contribution in [0.2, 0.25) is 0 Å². The van der Waals surface area contributed by atoms with E-state index in [0.717, 1.165) is 33.6 Å². The zero-order valence-corrected chi connectivity index (χ0v) is 17.3. The van der Waals surface area contributed by atoms with E-state index in [4.69, 9.17) is 15.2 Å². The van der Waals surface area contributed by atoms with Crippen molar-refractivity contribution in [3.05, 3.63) is 82.4 Å². The first-order valence-electron chi connectivity index (χ1n) is 10.2. The number of carboxylic acid groups (broad SMARTS) is 1. The SMILES string of the molecule is CC(O)c1ccc(CC(=O)O)c(OCc2ccc3c(c2)-c2cccc(CN)c2OC3)c1. The van der Waals surface area contributed by atoms with E-state index < -0.39 is 12.1 Å². The van der Waals surface area contributed by atoms with E-state index in [1.165, 1.54) is 0 Å². The van der Waals surface area contributed by atoms with Crippen molar-refractivity contribution >= 4 is 5.97 Å². The lowest BCUT2D eigenvalue weighted by atomic mass is 9.93. The average molecular weight is 419 g/mol. The number of carboxylic acids is 1. The molecule has 0 saturated heterocycles. The van der Waals surface area contributed by atoms with Crippen molar-refractivity contribution in [2.45, 2.75) is 39.2 Å². The highest BCUT2D eigenvalue weighted by molar-refractivity contribution is 5.77. The Bertz CT molecular complexity index is 1120. The zero-order valence-electron chi connectivity index (χ0n) is 17.3. The Balaban J connectivity index is 1.62. The van der Waals surface area contributed by atoms with Crippen molar-refractivity contribution in [1.29, 1.82) is 0 Å². The summed E-state index contributed by atoms with van der Waals surface area (Å²) in [7, 11) is 0. The summed E-state index contributed by atoms with van der Waals surface area (Å²) in [5.74, 6) is 0.354. The highest BCUT2D eigenvalue weighted by atomic mass is 16.5. The van der Waals surface area contributed by atoms with Crippen LogP contribution in [0.1, 0.15) is 40.8 Å². The molecule has 4 rings (SSSR count). The van der Waals surface area contributed by atoms with Gasteiger partial charge in [-0.2, -0.15) is 0 Å². The molecule has 0 aliphatic carbocycles. The third-order valence-corrected chi connectivity index (χ3v) is 5.46. The molecular weight excluding hydrogens is 394 g/mol. The summed E-state index contributed by atoms with van der Waals surface area (Å²) < 4.78 is 12.0. The molecule has 0 bridgehead atoms. The number of aliphatic hydroxyl groups excluding tert-OH is 1. The molecule has 1 heterocycles. The van der Waals surface area contributed by atoms with Gasteiger partial charge in [-0.15, -0.1) is 0 Å². The first-order valence-corrected chi connectivity index (χ1v) is 10.2. The van der Waals surface area contributed by atoms with Gasteiger partial charge in [0.1, 0.15) is 24.7 Å². The molecule has 0 radical (unpaired) electrons. The smallest absolute Gasteiger partial charge is 0.307 e. The minimum Gasteiger partial charge on any atom is -0.489 e. The van der Waals surface area contributed by atoms with Gasteiger partial charge in [0.25, 0.3) is 0 Å². The fourth-order valence-electron chi connectivity index (χ4n) is 3.80. The number of para-hydroxylation sites is 1. The van der Waals surface area contributed by atoms with Crippen molar-refractivity contribution < 1.29 is 24.5 Å². The van der Waals surface area contributed by atoms with Gasteiger partial charge in [0.05, 0.1) is 12.5 Å². The van der Waals surface area contributed by atoms with Gasteiger partial charge in [0, 0.05) is 23.2 Å². The number of hydrogen-bond acceptors (Lipinski definition) is 5. The van der Waals surface area contributed by atoms with E-state index in [-0.39, 0.29) is 13.0 Å². The monoisotopic (exact) mass is 419 g/mol. The predicted octanol–water partition coefficient (Wildman–Crippen LogP) is 3.96. The van der Waals surface area contributed by atoms with Crippen LogP contribution in [0.5, 0.6) is 11.5 Å². The second kappa shape index (κ2) is 8.79. The molecule has 0 fully saturated rings. The van der Waals surface area contributed by atoms with Crippen molar-refractivity contribution in [2.75, 3.05) is 0 Å². The number of hydrogen-bond donors (Lipinski definition) is 3. The van der Waals surface area contributed by atoms with E-state index in [2.05, 4.69) is 6.07 Å². The summed E-state index contributed by atoms with van der Waals surface area (Å²) in [4.78, 5) is 11.2. The molecule has 1 aliphatic rings. The number of aliphatic hydroxyl groups is 1. The zero-order chi connectivity index (χ0) is 22.0. The molecule has 0 saturated carbocycles. The van der Waals surface area contributed by atoms with Gasteiger partial charge < -0.3 is 25.4 Å². The molecule has 1 aliphatic heterocycles. The van der Waals surface area contributed by atoms with Crippen molar-refractivity contribution in [2.24, 2.45) is 5.73 Å². The Labute approximate surface area is 180 Å². The second-order valence-electron chi connectivity index (χ2n) is 7.68. The molecule has 0 amide bonds. The number of benzene rings is 3. The second-order valence-corrected chi connectivity index (χ2v) is 7.68. The maximum Gasteiger partial charge on any atom is 0.307 e. The van der Waals surface area contributed by atoms with Crippen LogP contribution < -0.4 is 15.2 Å². The highest BCUT2D eigenvalue weighted by Gasteiger charge is 2.20.